The lowest BCUT2D eigenvalue weighted by Crippen LogP contribution is -2.63. The van der Waals surface area contributed by atoms with Crippen LogP contribution >= 0.6 is 0 Å². The van der Waals surface area contributed by atoms with Gasteiger partial charge in [-0.15, -0.1) is 0 Å². The summed E-state index contributed by atoms with van der Waals surface area (Å²) in [5.41, 5.74) is -0.295. The Labute approximate surface area is 107 Å². The third-order valence-corrected chi connectivity index (χ3v) is 3.92. The zero-order valence-electron chi connectivity index (χ0n) is 11.2. The molecule has 1 N–H and O–H groups in total. The fourth-order valence-corrected chi connectivity index (χ4v) is 2.69. The minimum absolute atomic E-state index is 0.00959. The molecule has 2 heterocycles. The second-order valence-electron chi connectivity index (χ2n) is 5.31. The summed E-state index contributed by atoms with van der Waals surface area (Å²) in [7, 11) is 3.51. The number of carbonyl (C=O) groups is 2. The van der Waals surface area contributed by atoms with Crippen LogP contribution in [-0.2, 0) is 9.53 Å². The second-order valence-corrected chi connectivity index (χ2v) is 5.31. The molecule has 0 aliphatic carbocycles. The summed E-state index contributed by atoms with van der Waals surface area (Å²) in [6, 6.07) is 0.0488. The van der Waals surface area contributed by atoms with Gasteiger partial charge in [0.2, 0.25) is 5.91 Å². The first kappa shape index (κ1) is 13.1. The van der Waals surface area contributed by atoms with Crippen LogP contribution in [0.25, 0.3) is 0 Å². The van der Waals surface area contributed by atoms with E-state index in [4.69, 9.17) is 4.74 Å². The van der Waals surface area contributed by atoms with E-state index in [1.807, 2.05) is 11.8 Å². The summed E-state index contributed by atoms with van der Waals surface area (Å²) in [6.45, 7) is 3.46. The van der Waals surface area contributed by atoms with Crippen LogP contribution in [0.4, 0.5) is 4.79 Å². The van der Waals surface area contributed by atoms with Crippen molar-refractivity contribution in [3.63, 3.8) is 0 Å². The van der Waals surface area contributed by atoms with E-state index in [0.717, 1.165) is 12.8 Å². The lowest BCUT2D eigenvalue weighted by Gasteiger charge is -2.47. The SMILES string of the molecule is CC1NC(=O)COC12CCN(C(=O)N(C)C)CC2. The molecule has 1 unspecified atom stereocenters. The van der Waals surface area contributed by atoms with Crippen LogP contribution in [0.1, 0.15) is 19.8 Å². The summed E-state index contributed by atoms with van der Waals surface area (Å²) in [6.07, 6.45) is 1.54. The normalized spacial score (nSPS) is 26.9. The van der Waals surface area contributed by atoms with Gasteiger partial charge in [-0.25, -0.2) is 4.79 Å². The Morgan fingerprint density at radius 1 is 1.44 bits per heavy atom. The number of amides is 3. The van der Waals surface area contributed by atoms with Crippen molar-refractivity contribution in [2.24, 2.45) is 0 Å². The van der Waals surface area contributed by atoms with E-state index in [1.165, 1.54) is 0 Å². The number of hydrogen-bond acceptors (Lipinski definition) is 3. The Morgan fingerprint density at radius 2 is 2.06 bits per heavy atom. The van der Waals surface area contributed by atoms with Crippen LogP contribution in [0, 0.1) is 0 Å². The number of rotatable bonds is 0. The van der Waals surface area contributed by atoms with Crippen molar-refractivity contribution in [2.75, 3.05) is 33.8 Å². The van der Waals surface area contributed by atoms with E-state index in [9.17, 15) is 9.59 Å². The third-order valence-electron chi connectivity index (χ3n) is 3.92. The van der Waals surface area contributed by atoms with Gasteiger partial charge in [0.15, 0.2) is 0 Å². The molecule has 102 valence electrons. The maximum atomic E-state index is 11.8. The Bertz CT molecular complexity index is 348. The number of hydrogen-bond donors (Lipinski definition) is 1. The second kappa shape index (κ2) is 4.76. The van der Waals surface area contributed by atoms with Crippen LogP contribution in [-0.4, -0.2) is 67.2 Å². The summed E-state index contributed by atoms with van der Waals surface area (Å²) in [5, 5.41) is 2.93. The summed E-state index contributed by atoms with van der Waals surface area (Å²) >= 11 is 0. The molecule has 1 atom stereocenters. The van der Waals surface area contributed by atoms with Gasteiger partial charge in [0, 0.05) is 27.2 Å². The number of carbonyl (C=O) groups excluding carboxylic acids is 2. The van der Waals surface area contributed by atoms with E-state index in [0.29, 0.717) is 13.1 Å². The molecule has 1 spiro atoms. The molecule has 0 saturated carbocycles. The lowest BCUT2D eigenvalue weighted by atomic mass is 9.84. The molecule has 0 aromatic heterocycles. The number of urea groups is 1. The third kappa shape index (κ3) is 2.29. The van der Waals surface area contributed by atoms with Gasteiger partial charge in [-0.05, 0) is 19.8 Å². The minimum atomic E-state index is -0.295. The van der Waals surface area contributed by atoms with Gasteiger partial charge in [-0.2, -0.15) is 0 Å². The standard InChI is InChI=1S/C12H21N3O3/c1-9-12(18-8-10(16)13-9)4-6-15(7-5-12)11(17)14(2)3/h9H,4-8H2,1-3H3,(H,13,16). The fraction of sp³-hybridized carbons (Fsp3) is 0.833. The fourth-order valence-electron chi connectivity index (χ4n) is 2.69. The molecule has 2 aliphatic heterocycles. The maximum Gasteiger partial charge on any atom is 0.319 e. The Kier molecular flexibility index (Phi) is 3.47. The molecule has 3 amide bonds. The molecule has 2 rings (SSSR count). The molecule has 2 fully saturated rings. The van der Waals surface area contributed by atoms with Gasteiger partial charge < -0.3 is 19.9 Å². The Morgan fingerprint density at radius 3 is 2.56 bits per heavy atom. The molecule has 0 radical (unpaired) electrons. The van der Waals surface area contributed by atoms with E-state index in [-0.39, 0.29) is 30.2 Å². The lowest BCUT2D eigenvalue weighted by molar-refractivity contribution is -0.158. The van der Waals surface area contributed by atoms with Crippen molar-refractivity contribution in [3.8, 4) is 0 Å². The predicted molar refractivity (Wildman–Crippen MR) is 66.2 cm³/mol. The number of piperidine rings is 1. The molecule has 0 aromatic carbocycles. The zero-order valence-corrected chi connectivity index (χ0v) is 11.2. The first-order chi connectivity index (χ1) is 8.44. The highest BCUT2D eigenvalue weighted by atomic mass is 16.5. The van der Waals surface area contributed by atoms with E-state index in [2.05, 4.69) is 5.32 Å². The molecule has 6 nitrogen and oxygen atoms in total. The first-order valence-corrected chi connectivity index (χ1v) is 6.34. The summed E-state index contributed by atoms with van der Waals surface area (Å²) < 4.78 is 5.76. The average Bonchev–Trinajstić information content (AvgIpc) is 2.34. The smallest absolute Gasteiger partial charge is 0.319 e. The minimum Gasteiger partial charge on any atom is -0.363 e. The van der Waals surface area contributed by atoms with Crippen LogP contribution in [0.5, 0.6) is 0 Å². The Balaban J connectivity index is 1.97. The molecule has 2 aliphatic rings. The monoisotopic (exact) mass is 255 g/mol. The summed E-state index contributed by atoms with van der Waals surface area (Å²) in [4.78, 5) is 26.5. The predicted octanol–water partition coefficient (Wildman–Crippen LogP) is 0.0375. The number of nitrogens with one attached hydrogen (secondary N) is 1. The maximum absolute atomic E-state index is 11.8. The topological polar surface area (TPSA) is 61.9 Å². The average molecular weight is 255 g/mol. The van der Waals surface area contributed by atoms with Crippen LogP contribution < -0.4 is 5.32 Å². The van der Waals surface area contributed by atoms with Gasteiger partial charge in [0.05, 0.1) is 11.6 Å². The highest BCUT2D eigenvalue weighted by Crippen LogP contribution is 2.32. The van der Waals surface area contributed by atoms with Crippen LogP contribution in [0.15, 0.2) is 0 Å². The van der Waals surface area contributed by atoms with Crippen molar-refractivity contribution < 1.29 is 14.3 Å². The zero-order chi connectivity index (χ0) is 13.3. The van der Waals surface area contributed by atoms with Gasteiger partial charge in [0.25, 0.3) is 0 Å². The number of likely N-dealkylation sites (tertiary alicyclic amines) is 1. The van der Waals surface area contributed by atoms with Gasteiger partial charge >= 0.3 is 6.03 Å². The van der Waals surface area contributed by atoms with Gasteiger partial charge in [0.1, 0.15) is 6.61 Å². The largest absolute Gasteiger partial charge is 0.363 e. The Hall–Kier alpha value is -1.30. The van der Waals surface area contributed by atoms with E-state index >= 15 is 0 Å². The highest BCUT2D eigenvalue weighted by Gasteiger charge is 2.45. The van der Waals surface area contributed by atoms with Crippen molar-refractivity contribution in [3.05, 3.63) is 0 Å². The molecular weight excluding hydrogens is 234 g/mol. The van der Waals surface area contributed by atoms with Crippen LogP contribution in [0.2, 0.25) is 0 Å². The van der Waals surface area contributed by atoms with E-state index in [1.54, 1.807) is 19.0 Å². The molecule has 0 bridgehead atoms. The van der Waals surface area contributed by atoms with Crippen LogP contribution in [0.3, 0.4) is 0 Å². The molecule has 0 aromatic rings. The van der Waals surface area contributed by atoms with Crippen molar-refractivity contribution >= 4 is 11.9 Å². The van der Waals surface area contributed by atoms with Crippen molar-refractivity contribution in [1.29, 1.82) is 0 Å². The van der Waals surface area contributed by atoms with Crippen molar-refractivity contribution in [2.45, 2.75) is 31.4 Å². The van der Waals surface area contributed by atoms with Gasteiger partial charge in [-0.1, -0.05) is 0 Å². The summed E-state index contributed by atoms with van der Waals surface area (Å²) in [5.74, 6) is -0.0556. The number of morpholine rings is 1. The first-order valence-electron chi connectivity index (χ1n) is 6.34. The number of nitrogens with zero attached hydrogens (tertiary/aromatic N) is 2. The van der Waals surface area contributed by atoms with E-state index < -0.39 is 0 Å². The molecular formula is C12H21N3O3. The highest BCUT2D eigenvalue weighted by molar-refractivity contribution is 5.78. The molecule has 6 heteroatoms. The molecule has 2 saturated heterocycles. The van der Waals surface area contributed by atoms with Crippen molar-refractivity contribution in [1.82, 2.24) is 15.1 Å². The molecule has 18 heavy (non-hydrogen) atoms. The van der Waals surface area contributed by atoms with Gasteiger partial charge in [-0.3, -0.25) is 4.79 Å². The quantitative estimate of drug-likeness (QED) is 0.664. The number of ether oxygens (including phenoxy) is 1.